The van der Waals surface area contributed by atoms with Gasteiger partial charge in [-0.1, -0.05) is 44.4 Å². The Labute approximate surface area is 87.1 Å². The Bertz CT molecular complexity index is 255. The van der Waals surface area contributed by atoms with Gasteiger partial charge in [0, 0.05) is 0 Å². The van der Waals surface area contributed by atoms with Gasteiger partial charge in [-0.05, 0) is 24.5 Å². The second kappa shape index (κ2) is 6.47. The van der Waals surface area contributed by atoms with E-state index >= 15 is 0 Å². The summed E-state index contributed by atoms with van der Waals surface area (Å²) in [4.78, 5) is 0. The predicted molar refractivity (Wildman–Crippen MR) is 60.5 cm³/mol. The van der Waals surface area contributed by atoms with E-state index in [2.05, 4.69) is 19.4 Å². The molecule has 0 amide bonds. The molecule has 1 aromatic rings. The van der Waals surface area contributed by atoms with Crippen molar-refractivity contribution >= 4 is 0 Å². The molecule has 0 heterocycles. The SMILES string of the molecule is CCCCC[CH]c1ccccc1OC. The van der Waals surface area contributed by atoms with Crippen molar-refractivity contribution in [1.29, 1.82) is 0 Å². The highest BCUT2D eigenvalue weighted by molar-refractivity contribution is 5.38. The summed E-state index contributed by atoms with van der Waals surface area (Å²) in [5.74, 6) is 0.976. The fourth-order valence-corrected chi connectivity index (χ4v) is 1.49. The fraction of sp³-hybridized carbons (Fsp3) is 0.462. The first-order valence-electron chi connectivity index (χ1n) is 5.34. The van der Waals surface area contributed by atoms with E-state index in [1.54, 1.807) is 7.11 Å². The first-order chi connectivity index (χ1) is 6.88. The molecule has 0 spiro atoms. The minimum atomic E-state index is 0.976. The largest absolute Gasteiger partial charge is 0.496 e. The smallest absolute Gasteiger partial charge is 0.122 e. The molecular formula is C13H19O. The maximum atomic E-state index is 5.27. The lowest BCUT2D eigenvalue weighted by molar-refractivity contribution is 0.412. The number of hydrogen-bond donors (Lipinski definition) is 0. The van der Waals surface area contributed by atoms with Gasteiger partial charge >= 0.3 is 0 Å². The van der Waals surface area contributed by atoms with Crippen LogP contribution >= 0.6 is 0 Å². The first kappa shape index (κ1) is 11.1. The lowest BCUT2D eigenvalue weighted by Gasteiger charge is -2.06. The highest BCUT2D eigenvalue weighted by Crippen LogP contribution is 2.21. The summed E-state index contributed by atoms with van der Waals surface area (Å²) in [7, 11) is 1.72. The summed E-state index contributed by atoms with van der Waals surface area (Å²) in [6.07, 6.45) is 7.27. The summed E-state index contributed by atoms with van der Waals surface area (Å²) in [5.41, 5.74) is 1.21. The van der Waals surface area contributed by atoms with Crippen molar-refractivity contribution in [2.45, 2.75) is 32.6 Å². The molecule has 0 atom stereocenters. The summed E-state index contributed by atoms with van der Waals surface area (Å²) < 4.78 is 5.27. The van der Waals surface area contributed by atoms with Gasteiger partial charge in [0.05, 0.1) is 7.11 Å². The van der Waals surface area contributed by atoms with Crippen LogP contribution in [0.5, 0.6) is 5.75 Å². The van der Waals surface area contributed by atoms with Crippen molar-refractivity contribution in [3.63, 3.8) is 0 Å². The number of methoxy groups -OCH3 is 1. The van der Waals surface area contributed by atoms with E-state index in [9.17, 15) is 0 Å². The molecule has 0 aliphatic heterocycles. The van der Waals surface area contributed by atoms with Crippen LogP contribution in [0.4, 0.5) is 0 Å². The number of rotatable bonds is 6. The molecule has 0 aliphatic rings. The lowest BCUT2D eigenvalue weighted by Crippen LogP contribution is -1.90. The Balaban J connectivity index is 2.41. The Morgan fingerprint density at radius 1 is 1.21 bits per heavy atom. The Morgan fingerprint density at radius 3 is 2.71 bits per heavy atom. The molecule has 77 valence electrons. The van der Waals surface area contributed by atoms with Crippen LogP contribution in [0.3, 0.4) is 0 Å². The molecule has 14 heavy (non-hydrogen) atoms. The monoisotopic (exact) mass is 191 g/mol. The van der Waals surface area contributed by atoms with E-state index in [4.69, 9.17) is 4.74 Å². The fourth-order valence-electron chi connectivity index (χ4n) is 1.49. The van der Waals surface area contributed by atoms with Gasteiger partial charge in [-0.2, -0.15) is 0 Å². The highest BCUT2D eigenvalue weighted by Gasteiger charge is 2.00. The quantitative estimate of drug-likeness (QED) is 0.621. The third kappa shape index (κ3) is 3.41. The molecule has 1 aromatic carbocycles. The molecule has 0 saturated heterocycles. The standard InChI is InChI=1S/C13H19O/c1-3-4-5-6-9-12-10-7-8-11-13(12)14-2/h7-11H,3-6H2,1-2H3. The van der Waals surface area contributed by atoms with E-state index in [1.165, 1.54) is 24.8 Å². The van der Waals surface area contributed by atoms with Crippen LogP contribution in [0.15, 0.2) is 24.3 Å². The van der Waals surface area contributed by atoms with Crippen LogP contribution in [0, 0.1) is 6.42 Å². The van der Waals surface area contributed by atoms with Gasteiger partial charge < -0.3 is 4.74 Å². The van der Waals surface area contributed by atoms with Crippen molar-refractivity contribution in [3.05, 3.63) is 36.2 Å². The number of unbranched alkanes of at least 4 members (excludes halogenated alkanes) is 3. The molecule has 1 rings (SSSR count). The van der Waals surface area contributed by atoms with E-state index in [0.717, 1.165) is 12.2 Å². The number of hydrogen-bond acceptors (Lipinski definition) is 1. The van der Waals surface area contributed by atoms with Crippen molar-refractivity contribution in [1.82, 2.24) is 0 Å². The van der Waals surface area contributed by atoms with Crippen molar-refractivity contribution < 1.29 is 4.74 Å². The molecule has 1 nitrogen and oxygen atoms in total. The molecule has 0 aliphatic carbocycles. The molecule has 0 bridgehead atoms. The summed E-state index contributed by atoms with van der Waals surface area (Å²) in [6, 6.07) is 8.16. The van der Waals surface area contributed by atoms with Gasteiger partial charge in [0.1, 0.15) is 5.75 Å². The van der Waals surface area contributed by atoms with Crippen LogP contribution < -0.4 is 4.74 Å². The zero-order valence-electron chi connectivity index (χ0n) is 9.12. The second-order valence-corrected chi connectivity index (χ2v) is 3.44. The predicted octanol–water partition coefficient (Wildman–Crippen LogP) is 3.83. The highest BCUT2D eigenvalue weighted by atomic mass is 16.5. The molecule has 0 aromatic heterocycles. The average molecular weight is 191 g/mol. The van der Waals surface area contributed by atoms with Gasteiger partial charge in [0.15, 0.2) is 0 Å². The second-order valence-electron chi connectivity index (χ2n) is 3.44. The van der Waals surface area contributed by atoms with Gasteiger partial charge in [-0.25, -0.2) is 0 Å². The molecule has 1 heteroatoms. The van der Waals surface area contributed by atoms with E-state index in [0.29, 0.717) is 0 Å². The number of ether oxygens (including phenoxy) is 1. The third-order valence-corrected chi connectivity index (χ3v) is 2.31. The van der Waals surface area contributed by atoms with Crippen LogP contribution in [-0.2, 0) is 0 Å². The summed E-state index contributed by atoms with van der Waals surface area (Å²) >= 11 is 0. The summed E-state index contributed by atoms with van der Waals surface area (Å²) in [6.45, 7) is 2.23. The normalized spacial score (nSPS) is 10.1. The topological polar surface area (TPSA) is 9.23 Å². The maximum Gasteiger partial charge on any atom is 0.122 e. The van der Waals surface area contributed by atoms with Gasteiger partial charge in [-0.15, -0.1) is 0 Å². The summed E-state index contributed by atoms with van der Waals surface area (Å²) in [5, 5.41) is 0. The maximum absolute atomic E-state index is 5.27. The molecule has 0 saturated carbocycles. The van der Waals surface area contributed by atoms with E-state index in [-0.39, 0.29) is 0 Å². The minimum Gasteiger partial charge on any atom is -0.496 e. The first-order valence-corrected chi connectivity index (χ1v) is 5.34. The Hall–Kier alpha value is -0.980. The molecule has 0 fully saturated rings. The Kier molecular flexibility index (Phi) is 5.13. The molecule has 0 N–H and O–H groups in total. The lowest BCUT2D eigenvalue weighted by atomic mass is 10.1. The zero-order valence-corrected chi connectivity index (χ0v) is 9.12. The zero-order chi connectivity index (χ0) is 10.2. The van der Waals surface area contributed by atoms with Crippen molar-refractivity contribution in [3.8, 4) is 5.75 Å². The van der Waals surface area contributed by atoms with E-state index < -0.39 is 0 Å². The Morgan fingerprint density at radius 2 is 2.00 bits per heavy atom. The van der Waals surface area contributed by atoms with Gasteiger partial charge in [-0.3, -0.25) is 0 Å². The minimum absolute atomic E-state index is 0.976. The van der Waals surface area contributed by atoms with Crippen LogP contribution in [-0.4, -0.2) is 7.11 Å². The van der Waals surface area contributed by atoms with Gasteiger partial charge in [0.2, 0.25) is 0 Å². The van der Waals surface area contributed by atoms with Crippen molar-refractivity contribution in [2.24, 2.45) is 0 Å². The number of benzene rings is 1. The van der Waals surface area contributed by atoms with Crippen LogP contribution in [0.1, 0.15) is 38.2 Å². The average Bonchev–Trinajstić information content (AvgIpc) is 2.25. The van der Waals surface area contributed by atoms with E-state index in [1.807, 2.05) is 18.2 Å². The third-order valence-electron chi connectivity index (χ3n) is 2.31. The van der Waals surface area contributed by atoms with Crippen molar-refractivity contribution in [2.75, 3.05) is 7.11 Å². The van der Waals surface area contributed by atoms with Crippen LogP contribution in [0.2, 0.25) is 0 Å². The molecular weight excluding hydrogens is 172 g/mol. The number of para-hydroxylation sites is 1. The van der Waals surface area contributed by atoms with Crippen LogP contribution in [0.25, 0.3) is 0 Å². The molecule has 1 radical (unpaired) electrons. The molecule has 0 unspecified atom stereocenters. The van der Waals surface area contributed by atoms with Gasteiger partial charge in [0.25, 0.3) is 0 Å².